The number of hydrogen-bond donors (Lipinski definition) is 2. The fourth-order valence-electron chi connectivity index (χ4n) is 2.16. The summed E-state index contributed by atoms with van der Waals surface area (Å²) in [6.07, 6.45) is 0. The van der Waals surface area contributed by atoms with Crippen LogP contribution in [-0.2, 0) is 4.79 Å². The lowest BCUT2D eigenvalue weighted by molar-refractivity contribution is -0.141. The van der Waals surface area contributed by atoms with Crippen LogP contribution in [0.15, 0.2) is 24.3 Å². The minimum Gasteiger partial charge on any atom is -0.497 e. The van der Waals surface area contributed by atoms with Gasteiger partial charge < -0.3 is 15.2 Å². The third kappa shape index (κ3) is 2.02. The van der Waals surface area contributed by atoms with Gasteiger partial charge in [-0.25, -0.2) is 0 Å². The van der Waals surface area contributed by atoms with E-state index in [-0.39, 0.29) is 11.8 Å². The maximum Gasteiger partial charge on any atom is 0.308 e. The number of aliphatic carboxylic acids is 1. The van der Waals surface area contributed by atoms with Gasteiger partial charge in [0, 0.05) is 19.0 Å². The van der Waals surface area contributed by atoms with Crippen molar-refractivity contribution < 1.29 is 14.6 Å². The standard InChI is InChI=1S/C12H15NO3/c1-16-9-4-2-3-8(5-9)10-6-13-7-11(10)12(14)15/h2-5,10-11,13H,6-7H2,1H3,(H,14,15)/t10-,11-/m0/s1. The number of nitrogens with one attached hydrogen (secondary N) is 1. The van der Waals surface area contributed by atoms with Crippen molar-refractivity contribution in [3.63, 3.8) is 0 Å². The van der Waals surface area contributed by atoms with Gasteiger partial charge in [0.1, 0.15) is 5.75 Å². The van der Waals surface area contributed by atoms with Crippen molar-refractivity contribution in [1.29, 1.82) is 0 Å². The average molecular weight is 221 g/mol. The largest absolute Gasteiger partial charge is 0.497 e. The molecule has 0 saturated carbocycles. The van der Waals surface area contributed by atoms with E-state index in [4.69, 9.17) is 9.84 Å². The highest BCUT2D eigenvalue weighted by atomic mass is 16.5. The summed E-state index contributed by atoms with van der Waals surface area (Å²) in [5.41, 5.74) is 1.02. The van der Waals surface area contributed by atoms with Crippen LogP contribution in [-0.4, -0.2) is 31.3 Å². The summed E-state index contributed by atoms with van der Waals surface area (Å²) in [5, 5.41) is 12.2. The molecule has 0 spiro atoms. The first-order chi connectivity index (χ1) is 7.72. The number of methoxy groups -OCH3 is 1. The summed E-state index contributed by atoms with van der Waals surface area (Å²) in [5.74, 6) is -0.272. The molecular formula is C12H15NO3. The summed E-state index contributed by atoms with van der Waals surface area (Å²) in [6.45, 7) is 1.25. The predicted octanol–water partition coefficient (Wildman–Crippen LogP) is 1.08. The van der Waals surface area contributed by atoms with Crippen LogP contribution in [0, 0.1) is 5.92 Å². The lowest BCUT2D eigenvalue weighted by atomic mass is 9.89. The number of rotatable bonds is 3. The summed E-state index contributed by atoms with van der Waals surface area (Å²) in [4.78, 5) is 11.1. The first-order valence-corrected chi connectivity index (χ1v) is 5.30. The number of benzene rings is 1. The minimum atomic E-state index is -0.738. The molecule has 0 amide bonds. The molecule has 86 valence electrons. The number of ether oxygens (including phenoxy) is 1. The van der Waals surface area contributed by atoms with Gasteiger partial charge in [-0.05, 0) is 17.7 Å². The molecule has 0 radical (unpaired) electrons. The van der Waals surface area contributed by atoms with Crippen LogP contribution in [0.1, 0.15) is 11.5 Å². The molecule has 1 fully saturated rings. The van der Waals surface area contributed by atoms with Gasteiger partial charge in [-0.15, -0.1) is 0 Å². The zero-order valence-electron chi connectivity index (χ0n) is 9.14. The summed E-state index contributed by atoms with van der Waals surface area (Å²) >= 11 is 0. The molecule has 0 aromatic heterocycles. The fourth-order valence-corrected chi connectivity index (χ4v) is 2.16. The summed E-state index contributed by atoms with van der Waals surface area (Å²) < 4.78 is 5.14. The molecule has 2 atom stereocenters. The Hall–Kier alpha value is -1.55. The van der Waals surface area contributed by atoms with Crippen molar-refractivity contribution in [2.45, 2.75) is 5.92 Å². The van der Waals surface area contributed by atoms with Crippen molar-refractivity contribution in [3.05, 3.63) is 29.8 Å². The van der Waals surface area contributed by atoms with E-state index in [2.05, 4.69) is 5.32 Å². The molecule has 1 aliphatic rings. The van der Waals surface area contributed by atoms with E-state index < -0.39 is 5.97 Å². The predicted molar refractivity (Wildman–Crippen MR) is 59.7 cm³/mol. The van der Waals surface area contributed by atoms with E-state index in [0.29, 0.717) is 13.1 Å². The molecule has 1 aliphatic heterocycles. The molecule has 0 unspecified atom stereocenters. The van der Waals surface area contributed by atoms with E-state index in [1.807, 2.05) is 24.3 Å². The first kappa shape index (κ1) is 11.0. The van der Waals surface area contributed by atoms with Crippen LogP contribution in [0.25, 0.3) is 0 Å². The first-order valence-electron chi connectivity index (χ1n) is 5.30. The van der Waals surface area contributed by atoms with Gasteiger partial charge >= 0.3 is 5.97 Å². The third-order valence-electron chi connectivity index (χ3n) is 3.05. The highest BCUT2D eigenvalue weighted by Gasteiger charge is 2.33. The molecule has 2 rings (SSSR count). The Balaban J connectivity index is 2.25. The van der Waals surface area contributed by atoms with E-state index in [1.165, 1.54) is 0 Å². The van der Waals surface area contributed by atoms with Gasteiger partial charge in [-0.2, -0.15) is 0 Å². The lowest BCUT2D eigenvalue weighted by Gasteiger charge is -2.15. The number of hydrogen-bond acceptors (Lipinski definition) is 3. The number of carboxylic acid groups (broad SMARTS) is 1. The minimum absolute atomic E-state index is 0.0348. The third-order valence-corrected chi connectivity index (χ3v) is 3.05. The van der Waals surface area contributed by atoms with Gasteiger partial charge in [-0.3, -0.25) is 4.79 Å². The van der Waals surface area contributed by atoms with Crippen molar-refractivity contribution in [3.8, 4) is 5.75 Å². The molecular weight excluding hydrogens is 206 g/mol. The summed E-state index contributed by atoms with van der Waals surface area (Å²) in [6, 6.07) is 7.62. The second-order valence-electron chi connectivity index (χ2n) is 3.99. The number of carboxylic acids is 1. The quantitative estimate of drug-likeness (QED) is 0.802. The fraction of sp³-hybridized carbons (Fsp3) is 0.417. The second-order valence-corrected chi connectivity index (χ2v) is 3.99. The molecule has 1 heterocycles. The molecule has 4 nitrogen and oxygen atoms in total. The second kappa shape index (κ2) is 4.53. The van der Waals surface area contributed by atoms with Gasteiger partial charge in [0.15, 0.2) is 0 Å². The molecule has 1 aromatic rings. The molecule has 0 aliphatic carbocycles. The van der Waals surface area contributed by atoms with Gasteiger partial charge in [-0.1, -0.05) is 12.1 Å². The Bertz CT molecular complexity index is 392. The van der Waals surface area contributed by atoms with Crippen LogP contribution in [0.4, 0.5) is 0 Å². The van der Waals surface area contributed by atoms with E-state index in [9.17, 15) is 4.79 Å². The monoisotopic (exact) mass is 221 g/mol. The maximum absolute atomic E-state index is 11.1. The highest BCUT2D eigenvalue weighted by molar-refractivity contribution is 5.72. The van der Waals surface area contributed by atoms with Gasteiger partial charge in [0.05, 0.1) is 13.0 Å². The molecule has 4 heteroatoms. The van der Waals surface area contributed by atoms with Crippen molar-refractivity contribution >= 4 is 5.97 Å². The average Bonchev–Trinajstić information content (AvgIpc) is 2.78. The van der Waals surface area contributed by atoms with E-state index >= 15 is 0 Å². The molecule has 16 heavy (non-hydrogen) atoms. The van der Waals surface area contributed by atoms with Crippen LogP contribution in [0.5, 0.6) is 5.75 Å². The Kier molecular flexibility index (Phi) is 3.10. The normalized spacial score (nSPS) is 24.3. The van der Waals surface area contributed by atoms with Crippen LogP contribution < -0.4 is 10.1 Å². The zero-order valence-corrected chi connectivity index (χ0v) is 9.14. The SMILES string of the molecule is COc1cccc([C@@H]2CNC[C@@H]2C(=O)O)c1. The molecule has 1 saturated heterocycles. The van der Waals surface area contributed by atoms with Crippen LogP contribution >= 0.6 is 0 Å². The molecule has 2 N–H and O–H groups in total. The van der Waals surface area contributed by atoms with Crippen LogP contribution in [0.2, 0.25) is 0 Å². The smallest absolute Gasteiger partial charge is 0.308 e. The molecule has 0 bridgehead atoms. The van der Waals surface area contributed by atoms with Crippen LogP contribution in [0.3, 0.4) is 0 Å². The van der Waals surface area contributed by atoms with Crippen molar-refractivity contribution in [2.24, 2.45) is 5.92 Å². The van der Waals surface area contributed by atoms with E-state index in [0.717, 1.165) is 11.3 Å². The van der Waals surface area contributed by atoms with E-state index in [1.54, 1.807) is 7.11 Å². The maximum atomic E-state index is 11.1. The topological polar surface area (TPSA) is 58.6 Å². The van der Waals surface area contributed by atoms with Gasteiger partial charge in [0.2, 0.25) is 0 Å². The van der Waals surface area contributed by atoms with Crippen molar-refractivity contribution in [2.75, 3.05) is 20.2 Å². The Morgan fingerprint density at radius 1 is 1.50 bits per heavy atom. The Labute approximate surface area is 94.2 Å². The zero-order chi connectivity index (χ0) is 11.5. The molecule has 1 aromatic carbocycles. The van der Waals surface area contributed by atoms with Crippen molar-refractivity contribution in [1.82, 2.24) is 5.32 Å². The van der Waals surface area contributed by atoms with Gasteiger partial charge in [0.25, 0.3) is 0 Å². The number of carbonyl (C=O) groups is 1. The Morgan fingerprint density at radius 2 is 2.31 bits per heavy atom. The summed E-state index contributed by atoms with van der Waals surface area (Å²) in [7, 11) is 1.61. The Morgan fingerprint density at radius 3 is 3.00 bits per heavy atom. The lowest BCUT2D eigenvalue weighted by Crippen LogP contribution is -2.20. The highest BCUT2D eigenvalue weighted by Crippen LogP contribution is 2.30.